The number of methoxy groups -OCH3 is 1. The Bertz CT molecular complexity index is 1780. The molecule has 2 amide bonds. The van der Waals surface area contributed by atoms with Gasteiger partial charge in [-0.2, -0.15) is 0 Å². The number of halogens is 1. The van der Waals surface area contributed by atoms with Crippen molar-refractivity contribution in [3.63, 3.8) is 0 Å². The van der Waals surface area contributed by atoms with Crippen molar-refractivity contribution in [2.75, 3.05) is 45.3 Å². The number of aryl methyl sites for hydroxylation is 1. The Kier molecular flexibility index (Phi) is 10.1. The summed E-state index contributed by atoms with van der Waals surface area (Å²) in [6.45, 7) is 6.48. The van der Waals surface area contributed by atoms with Crippen molar-refractivity contribution in [2.24, 2.45) is 11.8 Å². The van der Waals surface area contributed by atoms with Gasteiger partial charge in [-0.3, -0.25) is 9.59 Å². The van der Waals surface area contributed by atoms with E-state index in [0.29, 0.717) is 55.0 Å². The number of amides is 2. The summed E-state index contributed by atoms with van der Waals surface area (Å²) in [7, 11) is -0.858. The SMILES string of the molecule is CO[C@H]1/C=C/CCN(C)C(=O)C[C@](O)(C(=O)NS(=O)(=O)C(C)(C)C)c2ccc3c(c2)N(C[C@@H]2CC[C@H]21)C[C@@]1(CCCc2cc(Cl)ccc21)CO3. The molecule has 2 aromatic rings. The third kappa shape index (κ3) is 6.90. The van der Waals surface area contributed by atoms with Crippen LogP contribution in [0.4, 0.5) is 5.69 Å². The standard InChI is InChI=1S/C38H50ClN3O7S/c1-36(2,3)50(46,47)40-35(44)38(45)21-34(43)41(4)18-7-6-10-32(48-5)29-14-11-26(29)22-42-23-37(24-49-33-16-12-27(38)20-31(33)42)17-8-9-25-19-28(39)13-15-30(25)37/h6,10,12-13,15-16,19-20,26,29,32,45H,7-9,11,14,17-18,21-24H2,1-5H3,(H,40,44)/b10-6+/t26-,29+,32-,37-,38+/m0/s1. The first-order valence-corrected chi connectivity index (χ1v) is 19.5. The van der Waals surface area contributed by atoms with Crippen LogP contribution < -0.4 is 14.4 Å². The van der Waals surface area contributed by atoms with E-state index in [2.05, 4.69) is 27.8 Å². The van der Waals surface area contributed by atoms with Crippen LogP contribution in [0.5, 0.6) is 5.75 Å². The Morgan fingerprint density at radius 1 is 1.16 bits per heavy atom. The third-order valence-corrected chi connectivity index (χ3v) is 13.6. The maximum atomic E-state index is 14.0. The number of hydrogen-bond donors (Lipinski definition) is 2. The van der Waals surface area contributed by atoms with Crippen LogP contribution in [0.2, 0.25) is 5.02 Å². The molecule has 2 heterocycles. The van der Waals surface area contributed by atoms with Crippen LogP contribution in [0.3, 0.4) is 0 Å². The number of nitrogens with zero attached hydrogens (tertiary/aromatic N) is 2. The summed E-state index contributed by atoms with van der Waals surface area (Å²) in [6.07, 6.45) is 8.82. The third-order valence-electron chi connectivity index (χ3n) is 11.3. The number of carbonyl (C=O) groups excluding carboxylic acids is 2. The first-order valence-electron chi connectivity index (χ1n) is 17.6. The van der Waals surface area contributed by atoms with Gasteiger partial charge in [0.25, 0.3) is 5.91 Å². The number of sulfonamides is 1. The van der Waals surface area contributed by atoms with E-state index in [0.717, 1.165) is 32.1 Å². The number of ether oxygens (including phenoxy) is 2. The van der Waals surface area contributed by atoms with E-state index >= 15 is 0 Å². The smallest absolute Gasteiger partial charge is 0.270 e. The van der Waals surface area contributed by atoms with Gasteiger partial charge in [0, 0.05) is 44.2 Å². The number of nitrogens with one attached hydrogen (secondary N) is 1. The number of carbonyl (C=O) groups is 2. The quantitative estimate of drug-likeness (QED) is 0.419. The van der Waals surface area contributed by atoms with E-state index in [-0.39, 0.29) is 23.0 Å². The molecule has 4 aliphatic rings. The van der Waals surface area contributed by atoms with E-state index in [9.17, 15) is 23.1 Å². The van der Waals surface area contributed by atoms with Crippen molar-refractivity contribution >= 4 is 39.1 Å². The molecule has 0 unspecified atom stereocenters. The average molecular weight is 728 g/mol. The monoisotopic (exact) mass is 727 g/mol. The lowest BCUT2D eigenvalue weighted by Crippen LogP contribution is -2.53. The van der Waals surface area contributed by atoms with Gasteiger partial charge < -0.3 is 24.4 Å². The molecule has 1 saturated carbocycles. The summed E-state index contributed by atoms with van der Waals surface area (Å²) in [5.41, 5.74) is 0.405. The Hall–Kier alpha value is -3.12. The van der Waals surface area contributed by atoms with Crippen molar-refractivity contribution in [1.29, 1.82) is 0 Å². The lowest BCUT2D eigenvalue weighted by molar-refractivity contribution is -0.148. The molecule has 0 saturated heterocycles. The molecule has 0 aromatic heterocycles. The molecule has 0 radical (unpaired) electrons. The molecular formula is C38H50ClN3O7S. The molecule has 12 heteroatoms. The van der Waals surface area contributed by atoms with E-state index in [1.165, 1.54) is 36.8 Å². The second-order valence-corrected chi connectivity index (χ2v) is 18.5. The van der Waals surface area contributed by atoms with Gasteiger partial charge in [-0.15, -0.1) is 0 Å². The minimum Gasteiger partial charge on any atom is -0.490 e. The van der Waals surface area contributed by atoms with Gasteiger partial charge in [-0.05, 0) is 112 Å². The van der Waals surface area contributed by atoms with Gasteiger partial charge in [0.15, 0.2) is 5.60 Å². The zero-order valence-electron chi connectivity index (χ0n) is 29.7. The van der Waals surface area contributed by atoms with Crippen molar-refractivity contribution < 1.29 is 32.6 Å². The first-order chi connectivity index (χ1) is 23.6. The molecule has 50 heavy (non-hydrogen) atoms. The summed E-state index contributed by atoms with van der Waals surface area (Å²) in [5, 5.41) is 13.0. The molecule has 272 valence electrons. The summed E-state index contributed by atoms with van der Waals surface area (Å²) < 4.78 is 39.8. The molecule has 2 aliphatic heterocycles. The first kappa shape index (κ1) is 36.7. The van der Waals surface area contributed by atoms with Gasteiger partial charge >= 0.3 is 0 Å². The number of rotatable bonds is 3. The van der Waals surface area contributed by atoms with Gasteiger partial charge in [-0.25, -0.2) is 13.1 Å². The summed E-state index contributed by atoms with van der Waals surface area (Å²) in [4.78, 5) is 31.4. The van der Waals surface area contributed by atoms with Crippen molar-refractivity contribution in [1.82, 2.24) is 9.62 Å². The van der Waals surface area contributed by atoms with E-state index in [4.69, 9.17) is 21.1 Å². The molecule has 2 bridgehead atoms. The average Bonchev–Trinajstić information content (AvgIpc) is 3.19. The summed E-state index contributed by atoms with van der Waals surface area (Å²) in [5.74, 6) is -0.481. The molecule has 5 atom stereocenters. The topological polar surface area (TPSA) is 125 Å². The maximum Gasteiger partial charge on any atom is 0.270 e. The van der Waals surface area contributed by atoms with Crippen molar-refractivity contribution in [2.45, 2.75) is 87.6 Å². The second-order valence-electron chi connectivity index (χ2n) is 15.6. The minimum absolute atomic E-state index is 0.0678. The second kappa shape index (κ2) is 13.8. The van der Waals surface area contributed by atoms with Crippen LogP contribution in [0.1, 0.15) is 76.0 Å². The number of fused-ring (bicyclic) bond motifs is 4. The van der Waals surface area contributed by atoms with Crippen LogP contribution in [0.15, 0.2) is 48.6 Å². The highest BCUT2D eigenvalue weighted by Gasteiger charge is 2.47. The van der Waals surface area contributed by atoms with Crippen LogP contribution >= 0.6 is 11.6 Å². The summed E-state index contributed by atoms with van der Waals surface area (Å²) in [6, 6.07) is 11.1. The fourth-order valence-electron chi connectivity index (χ4n) is 7.95. The van der Waals surface area contributed by atoms with Gasteiger partial charge in [0.1, 0.15) is 5.75 Å². The van der Waals surface area contributed by atoms with E-state index in [1.807, 2.05) is 12.1 Å². The van der Waals surface area contributed by atoms with Gasteiger partial charge in [-0.1, -0.05) is 35.9 Å². The normalized spacial score (nSPS) is 29.6. The Labute approximate surface area is 301 Å². The zero-order chi connectivity index (χ0) is 36.1. The number of hydrogen-bond acceptors (Lipinski definition) is 8. The maximum absolute atomic E-state index is 14.0. The summed E-state index contributed by atoms with van der Waals surface area (Å²) >= 11 is 6.45. The van der Waals surface area contributed by atoms with E-state index in [1.54, 1.807) is 32.4 Å². The molecule has 6 rings (SSSR count). The largest absolute Gasteiger partial charge is 0.490 e. The molecule has 1 fully saturated rings. The zero-order valence-corrected chi connectivity index (χ0v) is 31.3. The highest BCUT2D eigenvalue weighted by molar-refractivity contribution is 7.91. The number of benzene rings is 2. The fourth-order valence-corrected chi connectivity index (χ4v) is 8.87. The molecule has 2 aromatic carbocycles. The number of anilines is 1. The fraction of sp³-hybridized carbons (Fsp3) is 0.579. The van der Waals surface area contributed by atoms with Crippen molar-refractivity contribution in [3.05, 3.63) is 70.3 Å². The lowest BCUT2D eigenvalue weighted by Gasteiger charge is -2.46. The lowest BCUT2D eigenvalue weighted by atomic mass is 9.68. The van der Waals surface area contributed by atoms with Crippen LogP contribution in [-0.4, -0.2) is 81.5 Å². The van der Waals surface area contributed by atoms with Crippen molar-refractivity contribution in [3.8, 4) is 5.75 Å². The van der Waals surface area contributed by atoms with Crippen LogP contribution in [0.25, 0.3) is 0 Å². The van der Waals surface area contributed by atoms with Crippen LogP contribution in [-0.2, 0) is 41.8 Å². The molecule has 1 spiro atoms. The molecular weight excluding hydrogens is 678 g/mol. The molecule has 10 nitrogen and oxygen atoms in total. The highest BCUT2D eigenvalue weighted by atomic mass is 35.5. The molecule has 2 aliphatic carbocycles. The van der Waals surface area contributed by atoms with Gasteiger partial charge in [0.2, 0.25) is 15.9 Å². The Morgan fingerprint density at radius 2 is 1.94 bits per heavy atom. The molecule has 2 N–H and O–H groups in total. The van der Waals surface area contributed by atoms with Gasteiger partial charge in [0.05, 0.1) is 29.6 Å². The Morgan fingerprint density at radius 3 is 2.64 bits per heavy atom. The predicted molar refractivity (Wildman–Crippen MR) is 194 cm³/mol. The highest BCUT2D eigenvalue weighted by Crippen LogP contribution is 2.48. The van der Waals surface area contributed by atoms with E-state index < -0.39 is 38.6 Å². The minimum atomic E-state index is -4.21. The van der Waals surface area contributed by atoms with Crippen LogP contribution in [0, 0.1) is 11.8 Å². The number of aliphatic hydroxyl groups is 1. The predicted octanol–water partition coefficient (Wildman–Crippen LogP) is 5.09. The Balaban J connectivity index is 1.48.